The zero-order valence-corrected chi connectivity index (χ0v) is 12.8. The van der Waals surface area contributed by atoms with Crippen LogP contribution in [0, 0.1) is 5.92 Å². The summed E-state index contributed by atoms with van der Waals surface area (Å²) in [5, 5.41) is 12.6. The lowest BCUT2D eigenvalue weighted by Crippen LogP contribution is -2.42. The number of hydrogen-bond donors (Lipinski definition) is 2. The number of rotatable bonds is 5. The van der Waals surface area contributed by atoms with E-state index >= 15 is 0 Å². The molecule has 2 N–H and O–H groups in total. The Morgan fingerprint density at radius 3 is 2.78 bits per heavy atom. The highest BCUT2D eigenvalue weighted by Crippen LogP contribution is 2.21. The van der Waals surface area contributed by atoms with Crippen molar-refractivity contribution in [1.29, 1.82) is 0 Å². The van der Waals surface area contributed by atoms with Gasteiger partial charge >= 0.3 is 0 Å². The van der Waals surface area contributed by atoms with Crippen molar-refractivity contribution in [2.75, 3.05) is 24.6 Å². The molecule has 3 rings (SSSR count). The van der Waals surface area contributed by atoms with E-state index in [1.54, 1.807) is 6.20 Å². The molecule has 1 aromatic carbocycles. The lowest BCUT2D eigenvalue weighted by Gasteiger charge is -2.18. The molecule has 1 saturated heterocycles. The molecule has 1 aliphatic heterocycles. The van der Waals surface area contributed by atoms with E-state index in [9.17, 15) is 9.90 Å². The monoisotopic (exact) mass is 312 g/mol. The minimum Gasteiger partial charge on any atom is -0.396 e. The van der Waals surface area contributed by atoms with Crippen LogP contribution < -0.4 is 10.2 Å². The standard InChI is InChI=1S/C17H20N4O2/c22-11-14-9-21(16-6-7-18-12-19-16)10-15(14)20-17(23)8-13-4-2-1-3-5-13/h1-7,12,14-15,22H,8-11H2,(H,20,23). The molecule has 2 heterocycles. The Hall–Kier alpha value is -2.47. The van der Waals surface area contributed by atoms with E-state index in [0.29, 0.717) is 19.5 Å². The van der Waals surface area contributed by atoms with Gasteiger partial charge in [-0.2, -0.15) is 0 Å². The number of hydrogen-bond acceptors (Lipinski definition) is 5. The molecule has 0 radical (unpaired) electrons. The van der Waals surface area contributed by atoms with Gasteiger partial charge in [-0.05, 0) is 11.6 Å². The van der Waals surface area contributed by atoms with E-state index in [-0.39, 0.29) is 24.5 Å². The van der Waals surface area contributed by atoms with Crippen molar-refractivity contribution in [2.24, 2.45) is 5.92 Å². The average molecular weight is 312 g/mol. The molecule has 23 heavy (non-hydrogen) atoms. The van der Waals surface area contributed by atoms with Crippen LogP contribution in [0.15, 0.2) is 48.9 Å². The van der Waals surface area contributed by atoms with Crippen LogP contribution in [0.5, 0.6) is 0 Å². The topological polar surface area (TPSA) is 78.4 Å². The highest BCUT2D eigenvalue weighted by molar-refractivity contribution is 5.79. The molecule has 2 atom stereocenters. The van der Waals surface area contributed by atoms with Crippen LogP contribution in [0.3, 0.4) is 0 Å². The number of nitrogens with one attached hydrogen (secondary N) is 1. The number of amides is 1. The predicted octanol–water partition coefficient (Wildman–Crippen LogP) is 0.633. The second-order valence-electron chi connectivity index (χ2n) is 5.75. The first-order chi connectivity index (χ1) is 11.3. The maximum absolute atomic E-state index is 12.2. The van der Waals surface area contributed by atoms with Gasteiger partial charge in [0.2, 0.25) is 5.91 Å². The lowest BCUT2D eigenvalue weighted by molar-refractivity contribution is -0.121. The highest BCUT2D eigenvalue weighted by atomic mass is 16.3. The van der Waals surface area contributed by atoms with E-state index in [2.05, 4.69) is 20.2 Å². The number of carbonyl (C=O) groups excluding carboxylic acids is 1. The molecular formula is C17H20N4O2. The normalized spacial score (nSPS) is 20.5. The van der Waals surface area contributed by atoms with Crippen molar-refractivity contribution in [3.8, 4) is 0 Å². The fourth-order valence-electron chi connectivity index (χ4n) is 2.92. The van der Waals surface area contributed by atoms with Gasteiger partial charge in [0.15, 0.2) is 0 Å². The minimum absolute atomic E-state index is 0.00434. The van der Waals surface area contributed by atoms with Crippen LogP contribution in [0.25, 0.3) is 0 Å². The van der Waals surface area contributed by atoms with Crippen molar-refractivity contribution >= 4 is 11.7 Å². The third kappa shape index (κ3) is 3.84. The quantitative estimate of drug-likeness (QED) is 0.847. The molecule has 120 valence electrons. The molecular weight excluding hydrogens is 292 g/mol. The molecule has 1 aliphatic rings. The van der Waals surface area contributed by atoms with Gasteiger partial charge in [-0.15, -0.1) is 0 Å². The van der Waals surface area contributed by atoms with Gasteiger partial charge in [0, 0.05) is 31.8 Å². The summed E-state index contributed by atoms with van der Waals surface area (Å²) in [7, 11) is 0. The van der Waals surface area contributed by atoms with E-state index in [4.69, 9.17) is 0 Å². The molecule has 1 amide bonds. The van der Waals surface area contributed by atoms with Crippen molar-refractivity contribution in [1.82, 2.24) is 15.3 Å². The maximum Gasteiger partial charge on any atom is 0.224 e. The minimum atomic E-state index is -0.0776. The zero-order chi connectivity index (χ0) is 16.1. The van der Waals surface area contributed by atoms with Crippen molar-refractivity contribution < 1.29 is 9.90 Å². The molecule has 0 aliphatic carbocycles. The number of aliphatic hydroxyl groups excluding tert-OH is 1. The molecule has 0 saturated carbocycles. The Kier molecular flexibility index (Phi) is 4.83. The van der Waals surface area contributed by atoms with Crippen molar-refractivity contribution in [3.05, 3.63) is 54.5 Å². The van der Waals surface area contributed by atoms with Crippen LogP contribution in [0.1, 0.15) is 5.56 Å². The number of aliphatic hydroxyl groups is 1. The molecule has 1 fully saturated rings. The van der Waals surface area contributed by atoms with Crippen LogP contribution in [0.2, 0.25) is 0 Å². The Morgan fingerprint density at radius 2 is 2.09 bits per heavy atom. The Balaban J connectivity index is 1.61. The number of benzene rings is 1. The van der Waals surface area contributed by atoms with Crippen LogP contribution in [-0.4, -0.2) is 46.7 Å². The maximum atomic E-state index is 12.2. The summed E-state index contributed by atoms with van der Waals surface area (Å²) in [5.74, 6) is 0.798. The molecule has 0 spiro atoms. The van der Waals surface area contributed by atoms with E-state index in [1.807, 2.05) is 36.4 Å². The molecule has 0 bridgehead atoms. The summed E-state index contributed by atoms with van der Waals surface area (Å²) < 4.78 is 0. The third-order valence-electron chi connectivity index (χ3n) is 4.12. The van der Waals surface area contributed by atoms with Gasteiger partial charge in [-0.3, -0.25) is 4.79 Å². The first-order valence-corrected chi connectivity index (χ1v) is 7.71. The summed E-state index contributed by atoms with van der Waals surface area (Å²) >= 11 is 0. The summed E-state index contributed by atoms with van der Waals surface area (Å²) in [6.07, 6.45) is 3.55. The molecule has 6 nitrogen and oxygen atoms in total. The van der Waals surface area contributed by atoms with E-state index in [0.717, 1.165) is 11.4 Å². The number of anilines is 1. The van der Waals surface area contributed by atoms with Gasteiger partial charge in [0.1, 0.15) is 12.1 Å². The second kappa shape index (κ2) is 7.19. The third-order valence-corrected chi connectivity index (χ3v) is 4.12. The summed E-state index contributed by atoms with van der Waals surface area (Å²) in [4.78, 5) is 22.4. The van der Waals surface area contributed by atoms with Crippen LogP contribution in [0.4, 0.5) is 5.82 Å². The first-order valence-electron chi connectivity index (χ1n) is 7.71. The van der Waals surface area contributed by atoms with E-state index in [1.165, 1.54) is 6.33 Å². The van der Waals surface area contributed by atoms with Gasteiger partial charge in [-0.1, -0.05) is 30.3 Å². The first kappa shape index (κ1) is 15.4. The Bertz CT molecular complexity index is 636. The fourth-order valence-corrected chi connectivity index (χ4v) is 2.92. The molecule has 2 unspecified atom stereocenters. The van der Waals surface area contributed by atoms with Gasteiger partial charge < -0.3 is 15.3 Å². The second-order valence-corrected chi connectivity index (χ2v) is 5.75. The van der Waals surface area contributed by atoms with Crippen molar-refractivity contribution in [3.63, 3.8) is 0 Å². The largest absolute Gasteiger partial charge is 0.396 e. The van der Waals surface area contributed by atoms with Crippen LogP contribution in [-0.2, 0) is 11.2 Å². The summed E-state index contributed by atoms with van der Waals surface area (Å²) in [6.45, 7) is 1.35. The molecule has 2 aromatic rings. The van der Waals surface area contributed by atoms with Crippen molar-refractivity contribution in [2.45, 2.75) is 12.5 Å². The SMILES string of the molecule is O=C(Cc1ccccc1)NC1CN(c2ccncn2)CC1CO. The van der Waals surface area contributed by atoms with Crippen LogP contribution >= 0.6 is 0 Å². The number of carbonyl (C=O) groups is 1. The lowest BCUT2D eigenvalue weighted by atomic mass is 10.0. The van der Waals surface area contributed by atoms with Gasteiger partial charge in [-0.25, -0.2) is 9.97 Å². The molecule has 1 aromatic heterocycles. The average Bonchev–Trinajstić information content (AvgIpc) is 2.99. The smallest absolute Gasteiger partial charge is 0.224 e. The van der Waals surface area contributed by atoms with Gasteiger partial charge in [0.25, 0.3) is 0 Å². The number of aromatic nitrogens is 2. The van der Waals surface area contributed by atoms with Gasteiger partial charge in [0.05, 0.1) is 12.5 Å². The molecule has 6 heteroatoms. The Labute approximate surface area is 135 Å². The fraction of sp³-hybridized carbons (Fsp3) is 0.353. The number of nitrogens with zero attached hydrogens (tertiary/aromatic N) is 3. The summed E-state index contributed by atoms with van der Waals surface area (Å²) in [6, 6.07) is 11.4. The summed E-state index contributed by atoms with van der Waals surface area (Å²) in [5.41, 5.74) is 0.983. The Morgan fingerprint density at radius 1 is 1.26 bits per heavy atom. The predicted molar refractivity (Wildman–Crippen MR) is 86.9 cm³/mol. The zero-order valence-electron chi connectivity index (χ0n) is 12.8. The van der Waals surface area contributed by atoms with E-state index < -0.39 is 0 Å². The highest BCUT2D eigenvalue weighted by Gasteiger charge is 2.33.